The summed E-state index contributed by atoms with van der Waals surface area (Å²) in [6, 6.07) is 4.83. The summed E-state index contributed by atoms with van der Waals surface area (Å²) in [5.74, 6) is 0.774. The van der Waals surface area contributed by atoms with Crippen molar-refractivity contribution in [3.8, 4) is 0 Å². The minimum Gasteiger partial charge on any atom is -0.385 e. The Morgan fingerprint density at radius 1 is 1.19 bits per heavy atom. The molecule has 1 aromatic rings. The zero-order chi connectivity index (χ0) is 11.7. The summed E-state index contributed by atoms with van der Waals surface area (Å²) in [5.41, 5.74) is 11.2. The van der Waals surface area contributed by atoms with Gasteiger partial charge in [0.1, 0.15) is 0 Å². The van der Waals surface area contributed by atoms with Crippen molar-refractivity contribution in [1.29, 1.82) is 0 Å². The van der Waals surface area contributed by atoms with Crippen LogP contribution in [0.25, 0.3) is 0 Å². The van der Waals surface area contributed by atoms with E-state index in [1.54, 1.807) is 0 Å². The molecule has 0 radical (unpaired) electrons. The maximum absolute atomic E-state index is 5.78. The van der Waals surface area contributed by atoms with Gasteiger partial charge in [0.15, 0.2) is 0 Å². The molecule has 1 aliphatic carbocycles. The number of hydrogen-bond acceptors (Lipinski definition) is 2. The molecule has 1 aromatic carbocycles. The fourth-order valence-corrected chi connectivity index (χ4v) is 2.36. The molecule has 3 N–H and O–H groups in total. The van der Waals surface area contributed by atoms with Crippen LogP contribution in [0.5, 0.6) is 0 Å². The quantitative estimate of drug-likeness (QED) is 0.818. The Morgan fingerprint density at radius 3 is 2.50 bits per heavy atom. The molecule has 88 valence electrons. The molecule has 1 saturated carbocycles. The zero-order valence-electron chi connectivity index (χ0n) is 10.5. The van der Waals surface area contributed by atoms with Crippen molar-refractivity contribution >= 4 is 5.69 Å². The maximum Gasteiger partial charge on any atom is 0.0372 e. The zero-order valence-corrected chi connectivity index (χ0v) is 10.5. The Labute approximate surface area is 98.2 Å². The van der Waals surface area contributed by atoms with Crippen LogP contribution in [-0.2, 0) is 0 Å². The Balaban J connectivity index is 1.97. The fraction of sp³-hybridized carbons (Fsp3) is 0.571. The van der Waals surface area contributed by atoms with E-state index in [2.05, 4.69) is 38.2 Å². The molecule has 0 aromatic heterocycles. The monoisotopic (exact) mass is 218 g/mol. The van der Waals surface area contributed by atoms with Crippen LogP contribution in [0.2, 0.25) is 0 Å². The molecule has 2 heteroatoms. The summed E-state index contributed by atoms with van der Waals surface area (Å²) < 4.78 is 0. The SMILES string of the molecule is Cc1ccc(NCC2CC(N)C2)c(C)c1C. The van der Waals surface area contributed by atoms with Gasteiger partial charge in [-0.25, -0.2) is 0 Å². The number of nitrogens with one attached hydrogen (secondary N) is 1. The van der Waals surface area contributed by atoms with Gasteiger partial charge in [-0.1, -0.05) is 6.07 Å². The number of anilines is 1. The van der Waals surface area contributed by atoms with Crippen LogP contribution in [-0.4, -0.2) is 12.6 Å². The summed E-state index contributed by atoms with van der Waals surface area (Å²) in [5, 5.41) is 3.55. The standard InChI is InChI=1S/C14H22N2/c1-9-4-5-14(11(3)10(9)2)16-8-12-6-13(15)7-12/h4-5,12-13,16H,6-8,15H2,1-3H3. The third kappa shape index (κ3) is 2.22. The predicted molar refractivity (Wildman–Crippen MR) is 69.8 cm³/mol. The Hall–Kier alpha value is -1.02. The summed E-state index contributed by atoms with van der Waals surface area (Å²) in [7, 11) is 0. The van der Waals surface area contributed by atoms with Crippen LogP contribution < -0.4 is 11.1 Å². The summed E-state index contributed by atoms with van der Waals surface area (Å²) >= 11 is 0. The van der Waals surface area contributed by atoms with E-state index >= 15 is 0 Å². The van der Waals surface area contributed by atoms with Crippen LogP contribution in [0.1, 0.15) is 29.5 Å². The highest BCUT2D eigenvalue weighted by Gasteiger charge is 2.25. The first-order valence-corrected chi connectivity index (χ1v) is 6.14. The van der Waals surface area contributed by atoms with Crippen LogP contribution in [0.15, 0.2) is 12.1 Å². The first-order valence-electron chi connectivity index (χ1n) is 6.14. The van der Waals surface area contributed by atoms with Gasteiger partial charge >= 0.3 is 0 Å². The molecule has 0 amide bonds. The van der Waals surface area contributed by atoms with Gasteiger partial charge in [0.2, 0.25) is 0 Å². The Morgan fingerprint density at radius 2 is 1.88 bits per heavy atom. The van der Waals surface area contributed by atoms with E-state index in [9.17, 15) is 0 Å². The molecular formula is C14H22N2. The van der Waals surface area contributed by atoms with Crippen molar-refractivity contribution in [2.45, 2.75) is 39.7 Å². The van der Waals surface area contributed by atoms with Crippen molar-refractivity contribution in [2.24, 2.45) is 11.7 Å². The van der Waals surface area contributed by atoms with Crippen LogP contribution in [0, 0.1) is 26.7 Å². The summed E-state index contributed by atoms with van der Waals surface area (Å²) in [6.45, 7) is 7.61. The predicted octanol–water partition coefficient (Wildman–Crippen LogP) is 2.76. The lowest BCUT2D eigenvalue weighted by atomic mass is 9.81. The lowest BCUT2D eigenvalue weighted by molar-refractivity contribution is 0.280. The first kappa shape index (κ1) is 11.5. The molecule has 2 nitrogen and oxygen atoms in total. The minimum absolute atomic E-state index is 0.452. The molecule has 16 heavy (non-hydrogen) atoms. The second kappa shape index (κ2) is 4.46. The molecule has 0 saturated heterocycles. The van der Waals surface area contributed by atoms with Crippen molar-refractivity contribution in [3.63, 3.8) is 0 Å². The van der Waals surface area contributed by atoms with Crippen LogP contribution >= 0.6 is 0 Å². The van der Waals surface area contributed by atoms with Crippen LogP contribution in [0.3, 0.4) is 0 Å². The van der Waals surface area contributed by atoms with Gasteiger partial charge in [0.25, 0.3) is 0 Å². The third-order valence-corrected chi connectivity index (χ3v) is 3.91. The van der Waals surface area contributed by atoms with Gasteiger partial charge < -0.3 is 11.1 Å². The minimum atomic E-state index is 0.452. The normalized spacial score (nSPS) is 24.0. The largest absolute Gasteiger partial charge is 0.385 e. The van der Waals surface area contributed by atoms with Gasteiger partial charge in [0, 0.05) is 18.3 Å². The van der Waals surface area contributed by atoms with E-state index in [1.165, 1.54) is 35.2 Å². The lowest BCUT2D eigenvalue weighted by Gasteiger charge is -2.33. The molecule has 2 rings (SSSR count). The Kier molecular flexibility index (Phi) is 3.20. The van der Waals surface area contributed by atoms with Crippen LogP contribution in [0.4, 0.5) is 5.69 Å². The van der Waals surface area contributed by atoms with E-state index in [4.69, 9.17) is 5.73 Å². The average Bonchev–Trinajstić information content (AvgIpc) is 2.22. The second-order valence-electron chi connectivity index (χ2n) is 5.16. The highest BCUT2D eigenvalue weighted by atomic mass is 14.9. The fourth-order valence-electron chi connectivity index (χ4n) is 2.36. The number of nitrogens with two attached hydrogens (primary N) is 1. The molecule has 0 heterocycles. The molecule has 0 unspecified atom stereocenters. The van der Waals surface area contributed by atoms with Gasteiger partial charge in [-0.3, -0.25) is 0 Å². The van der Waals surface area contributed by atoms with E-state index in [1.807, 2.05) is 0 Å². The van der Waals surface area contributed by atoms with Gasteiger partial charge in [-0.15, -0.1) is 0 Å². The van der Waals surface area contributed by atoms with Crippen molar-refractivity contribution < 1.29 is 0 Å². The highest BCUT2D eigenvalue weighted by Crippen LogP contribution is 2.27. The maximum atomic E-state index is 5.78. The van der Waals surface area contributed by atoms with Crippen molar-refractivity contribution in [2.75, 3.05) is 11.9 Å². The number of benzene rings is 1. The molecule has 0 bridgehead atoms. The van der Waals surface area contributed by atoms with Crippen molar-refractivity contribution in [3.05, 3.63) is 28.8 Å². The van der Waals surface area contributed by atoms with Gasteiger partial charge in [-0.2, -0.15) is 0 Å². The number of hydrogen-bond donors (Lipinski definition) is 2. The number of aryl methyl sites for hydroxylation is 1. The Bertz CT molecular complexity index is 379. The van der Waals surface area contributed by atoms with Crippen molar-refractivity contribution in [1.82, 2.24) is 0 Å². The summed E-state index contributed by atoms with van der Waals surface area (Å²) in [6.07, 6.45) is 2.35. The number of rotatable bonds is 3. The van der Waals surface area contributed by atoms with Gasteiger partial charge in [-0.05, 0) is 62.3 Å². The molecule has 0 spiro atoms. The molecule has 0 atom stereocenters. The third-order valence-electron chi connectivity index (χ3n) is 3.91. The van der Waals surface area contributed by atoms with E-state index in [0.29, 0.717) is 6.04 Å². The molecule has 1 aliphatic rings. The smallest absolute Gasteiger partial charge is 0.0372 e. The summed E-state index contributed by atoms with van der Waals surface area (Å²) in [4.78, 5) is 0. The van der Waals surface area contributed by atoms with E-state index in [-0.39, 0.29) is 0 Å². The average molecular weight is 218 g/mol. The first-order chi connectivity index (χ1) is 7.58. The van der Waals surface area contributed by atoms with E-state index in [0.717, 1.165) is 12.5 Å². The molecule has 1 fully saturated rings. The van der Waals surface area contributed by atoms with Gasteiger partial charge in [0.05, 0.1) is 0 Å². The highest BCUT2D eigenvalue weighted by molar-refractivity contribution is 5.56. The van der Waals surface area contributed by atoms with E-state index < -0.39 is 0 Å². The second-order valence-corrected chi connectivity index (χ2v) is 5.16. The lowest BCUT2D eigenvalue weighted by Crippen LogP contribution is -2.39. The molecular weight excluding hydrogens is 196 g/mol. The topological polar surface area (TPSA) is 38.0 Å². The molecule has 0 aliphatic heterocycles.